The van der Waals surface area contributed by atoms with Crippen molar-refractivity contribution in [3.05, 3.63) is 29.3 Å². The second-order valence-corrected chi connectivity index (χ2v) is 4.41. The molecule has 0 fully saturated rings. The van der Waals surface area contributed by atoms with E-state index in [2.05, 4.69) is 13.0 Å². The molecule has 0 amide bonds. The molecule has 0 heterocycles. The highest BCUT2D eigenvalue weighted by molar-refractivity contribution is 5.64. The van der Waals surface area contributed by atoms with Gasteiger partial charge in [0.2, 0.25) is 0 Å². The second-order valence-electron chi connectivity index (χ2n) is 4.41. The summed E-state index contributed by atoms with van der Waals surface area (Å²) >= 11 is 0. The Hall–Kier alpha value is -1.48. The van der Waals surface area contributed by atoms with Crippen LogP contribution in [0.3, 0.4) is 0 Å². The lowest BCUT2D eigenvalue weighted by Gasteiger charge is -2.16. The molecule has 0 saturated carbocycles. The van der Waals surface area contributed by atoms with Crippen LogP contribution in [-0.2, 0) is 0 Å². The number of nitrogens with two attached hydrogens (primary N) is 1. The average Bonchev–Trinajstić information content (AvgIpc) is 2.36. The third-order valence-corrected chi connectivity index (χ3v) is 2.66. The van der Waals surface area contributed by atoms with E-state index in [1.54, 1.807) is 7.11 Å². The van der Waals surface area contributed by atoms with Crippen LogP contribution in [0.4, 0.5) is 0 Å². The Morgan fingerprint density at radius 2 is 2.11 bits per heavy atom. The van der Waals surface area contributed by atoms with E-state index in [1.807, 2.05) is 32.0 Å². The van der Waals surface area contributed by atoms with Gasteiger partial charge in [0.15, 0.2) is 11.5 Å². The fourth-order valence-corrected chi connectivity index (χ4v) is 1.69. The summed E-state index contributed by atoms with van der Waals surface area (Å²) in [7, 11) is 1.65. The Balaban J connectivity index is 3.21. The second kappa shape index (κ2) is 7.07. The first kappa shape index (κ1) is 14.6. The van der Waals surface area contributed by atoms with Gasteiger partial charge in [0.25, 0.3) is 0 Å². The summed E-state index contributed by atoms with van der Waals surface area (Å²) in [5, 5.41) is 0. The molecule has 0 spiro atoms. The summed E-state index contributed by atoms with van der Waals surface area (Å²) in [4.78, 5) is 0. The topological polar surface area (TPSA) is 44.5 Å². The van der Waals surface area contributed by atoms with Crippen molar-refractivity contribution in [3.8, 4) is 11.5 Å². The summed E-state index contributed by atoms with van der Waals surface area (Å²) in [5.74, 6) is 1.54. The van der Waals surface area contributed by atoms with Gasteiger partial charge in [-0.05, 0) is 26.3 Å². The molecule has 18 heavy (non-hydrogen) atoms. The summed E-state index contributed by atoms with van der Waals surface area (Å²) in [5.41, 5.74) is 7.92. The van der Waals surface area contributed by atoms with Gasteiger partial charge in [0.1, 0.15) is 0 Å². The summed E-state index contributed by atoms with van der Waals surface area (Å²) in [6.45, 7) is 6.67. The van der Waals surface area contributed by atoms with E-state index < -0.39 is 0 Å². The van der Waals surface area contributed by atoms with Crippen LogP contribution in [0, 0.1) is 0 Å². The molecule has 0 aliphatic carbocycles. The number of ether oxygens (including phenoxy) is 2. The zero-order valence-corrected chi connectivity index (χ0v) is 11.7. The molecule has 0 aliphatic heterocycles. The van der Waals surface area contributed by atoms with Gasteiger partial charge >= 0.3 is 0 Å². The third kappa shape index (κ3) is 3.77. The minimum Gasteiger partial charge on any atom is -0.493 e. The van der Waals surface area contributed by atoms with Crippen molar-refractivity contribution in [2.75, 3.05) is 13.7 Å². The van der Waals surface area contributed by atoms with Gasteiger partial charge in [-0.2, -0.15) is 0 Å². The SMILES string of the molecule is CCC(=Cc1cccc(OC)c1OC(C)C)CN. The molecule has 0 aliphatic rings. The minimum atomic E-state index is 0.108. The Labute approximate surface area is 110 Å². The van der Waals surface area contributed by atoms with Crippen LogP contribution < -0.4 is 15.2 Å². The molecule has 0 unspecified atom stereocenters. The van der Waals surface area contributed by atoms with Gasteiger partial charge in [-0.25, -0.2) is 0 Å². The number of rotatable bonds is 6. The van der Waals surface area contributed by atoms with Crippen molar-refractivity contribution in [1.82, 2.24) is 0 Å². The quantitative estimate of drug-likeness (QED) is 0.841. The van der Waals surface area contributed by atoms with Crippen LogP contribution in [0.25, 0.3) is 6.08 Å². The van der Waals surface area contributed by atoms with E-state index >= 15 is 0 Å². The average molecular weight is 249 g/mol. The molecule has 0 aromatic heterocycles. The third-order valence-electron chi connectivity index (χ3n) is 2.66. The first-order valence-electron chi connectivity index (χ1n) is 6.35. The highest BCUT2D eigenvalue weighted by Gasteiger charge is 2.10. The van der Waals surface area contributed by atoms with Gasteiger partial charge in [-0.15, -0.1) is 0 Å². The fourth-order valence-electron chi connectivity index (χ4n) is 1.69. The predicted octanol–water partition coefficient (Wildman–Crippen LogP) is 3.23. The smallest absolute Gasteiger partial charge is 0.168 e. The van der Waals surface area contributed by atoms with Crippen molar-refractivity contribution in [2.24, 2.45) is 5.73 Å². The Kier molecular flexibility index (Phi) is 5.72. The van der Waals surface area contributed by atoms with Gasteiger partial charge in [-0.1, -0.05) is 30.7 Å². The summed E-state index contributed by atoms with van der Waals surface area (Å²) in [6.07, 6.45) is 3.13. The highest BCUT2D eigenvalue weighted by Crippen LogP contribution is 2.33. The maximum atomic E-state index is 5.85. The normalized spacial score (nSPS) is 11.8. The molecule has 3 nitrogen and oxygen atoms in total. The van der Waals surface area contributed by atoms with E-state index in [9.17, 15) is 0 Å². The summed E-state index contributed by atoms with van der Waals surface area (Å²) in [6, 6.07) is 5.89. The Bertz CT molecular complexity index is 405. The molecule has 1 aromatic rings. The molecule has 1 rings (SSSR count). The first-order valence-corrected chi connectivity index (χ1v) is 6.35. The zero-order chi connectivity index (χ0) is 13.5. The first-order chi connectivity index (χ1) is 8.62. The van der Waals surface area contributed by atoms with E-state index in [-0.39, 0.29) is 6.10 Å². The lowest BCUT2D eigenvalue weighted by atomic mass is 10.1. The van der Waals surface area contributed by atoms with Crippen molar-refractivity contribution >= 4 is 6.08 Å². The van der Waals surface area contributed by atoms with Crippen LogP contribution >= 0.6 is 0 Å². The van der Waals surface area contributed by atoms with Crippen molar-refractivity contribution in [1.29, 1.82) is 0 Å². The molecule has 100 valence electrons. The van der Waals surface area contributed by atoms with E-state index in [0.29, 0.717) is 6.54 Å². The number of para-hydroxylation sites is 1. The number of methoxy groups -OCH3 is 1. The van der Waals surface area contributed by atoms with Crippen molar-refractivity contribution in [2.45, 2.75) is 33.3 Å². The van der Waals surface area contributed by atoms with Crippen LogP contribution in [-0.4, -0.2) is 19.8 Å². The molecular weight excluding hydrogens is 226 g/mol. The molecule has 0 radical (unpaired) electrons. The number of benzene rings is 1. The maximum absolute atomic E-state index is 5.85. The monoisotopic (exact) mass is 249 g/mol. The van der Waals surface area contributed by atoms with E-state index in [4.69, 9.17) is 15.2 Å². The number of hydrogen-bond acceptors (Lipinski definition) is 3. The predicted molar refractivity (Wildman–Crippen MR) is 76.1 cm³/mol. The molecular formula is C15H23NO2. The summed E-state index contributed by atoms with van der Waals surface area (Å²) < 4.78 is 11.2. The standard InChI is InChI=1S/C15H23NO2/c1-5-12(10-16)9-13-7-6-8-14(17-4)15(13)18-11(2)3/h6-9,11H,5,10,16H2,1-4H3. The van der Waals surface area contributed by atoms with Crippen molar-refractivity contribution < 1.29 is 9.47 Å². The minimum absolute atomic E-state index is 0.108. The van der Waals surface area contributed by atoms with Gasteiger partial charge in [0, 0.05) is 12.1 Å². The molecule has 0 bridgehead atoms. The molecule has 0 atom stereocenters. The largest absolute Gasteiger partial charge is 0.493 e. The van der Waals surface area contributed by atoms with Gasteiger partial charge in [0.05, 0.1) is 13.2 Å². The van der Waals surface area contributed by atoms with Crippen LogP contribution in [0.2, 0.25) is 0 Å². The lowest BCUT2D eigenvalue weighted by molar-refractivity contribution is 0.229. The molecule has 1 aromatic carbocycles. The van der Waals surface area contributed by atoms with Crippen LogP contribution in [0.15, 0.2) is 23.8 Å². The van der Waals surface area contributed by atoms with E-state index in [0.717, 1.165) is 23.5 Å². The van der Waals surface area contributed by atoms with Gasteiger partial charge < -0.3 is 15.2 Å². The Morgan fingerprint density at radius 3 is 2.61 bits per heavy atom. The van der Waals surface area contributed by atoms with Crippen LogP contribution in [0.1, 0.15) is 32.8 Å². The van der Waals surface area contributed by atoms with Crippen LogP contribution in [0.5, 0.6) is 11.5 Å². The van der Waals surface area contributed by atoms with Gasteiger partial charge in [-0.3, -0.25) is 0 Å². The number of hydrogen-bond donors (Lipinski definition) is 1. The van der Waals surface area contributed by atoms with E-state index in [1.165, 1.54) is 5.57 Å². The lowest BCUT2D eigenvalue weighted by Crippen LogP contribution is -2.08. The molecule has 3 heteroatoms. The molecule has 0 saturated heterocycles. The molecule has 2 N–H and O–H groups in total. The highest BCUT2D eigenvalue weighted by atomic mass is 16.5. The maximum Gasteiger partial charge on any atom is 0.168 e. The van der Waals surface area contributed by atoms with Crippen molar-refractivity contribution in [3.63, 3.8) is 0 Å². The fraction of sp³-hybridized carbons (Fsp3) is 0.467. The zero-order valence-electron chi connectivity index (χ0n) is 11.7. The Morgan fingerprint density at radius 1 is 1.39 bits per heavy atom.